The molecule has 0 fully saturated rings. The Kier molecular flexibility index (Phi) is 1.39. The lowest BCUT2D eigenvalue weighted by atomic mass is 10.0. The summed E-state index contributed by atoms with van der Waals surface area (Å²) < 4.78 is 1.15. The van der Waals surface area contributed by atoms with Crippen molar-refractivity contribution in [2.45, 2.75) is 0 Å². The van der Waals surface area contributed by atoms with E-state index in [2.05, 4.69) is 58.4 Å². The van der Waals surface area contributed by atoms with Crippen molar-refractivity contribution in [1.29, 1.82) is 0 Å². The van der Waals surface area contributed by atoms with Gasteiger partial charge in [-0.05, 0) is 34.0 Å². The molecule has 0 bridgehead atoms. The van der Waals surface area contributed by atoms with Crippen LogP contribution in [0.4, 0.5) is 0 Å². The van der Waals surface area contributed by atoms with E-state index in [-0.39, 0.29) is 0 Å². The van der Waals surface area contributed by atoms with E-state index in [0.717, 1.165) is 4.47 Å². The Morgan fingerprint density at radius 2 is 1.77 bits per heavy atom. The average Bonchev–Trinajstić information content (AvgIpc) is 2.50. The molecule has 1 heteroatoms. The number of rotatable bonds is 0. The minimum absolute atomic E-state index is 1.15. The Bertz CT molecular complexity index is 524. The lowest BCUT2D eigenvalue weighted by Gasteiger charge is -2.02. The van der Waals surface area contributed by atoms with E-state index in [1.54, 1.807) is 0 Å². The molecule has 2 aromatic carbocycles. The van der Waals surface area contributed by atoms with Crippen LogP contribution < -0.4 is 0 Å². The minimum Gasteiger partial charge on any atom is -0.0610 e. The van der Waals surface area contributed by atoms with Gasteiger partial charge in [0.05, 0.1) is 0 Å². The number of hydrogen-bond acceptors (Lipinski definition) is 0. The fraction of sp³-hybridized carbons (Fsp3) is 0. The molecule has 0 heterocycles. The van der Waals surface area contributed by atoms with Gasteiger partial charge in [0.1, 0.15) is 0 Å². The molecular weight excluding hydrogens is 224 g/mol. The number of hydrogen-bond donors (Lipinski definition) is 0. The van der Waals surface area contributed by atoms with Crippen LogP contribution in [0.3, 0.4) is 0 Å². The van der Waals surface area contributed by atoms with Crippen LogP contribution in [0.25, 0.3) is 22.9 Å². The van der Waals surface area contributed by atoms with Gasteiger partial charge in [-0.15, -0.1) is 0 Å². The molecule has 0 N–H and O–H groups in total. The fourth-order valence-electron chi connectivity index (χ4n) is 1.90. The summed E-state index contributed by atoms with van der Waals surface area (Å²) in [6.45, 7) is 0. The molecule has 0 spiro atoms. The Labute approximate surface area is 85.0 Å². The minimum atomic E-state index is 1.15. The molecule has 0 saturated heterocycles. The average molecular weight is 231 g/mol. The first-order valence-corrected chi connectivity index (χ1v) is 5.04. The second-order valence-electron chi connectivity index (χ2n) is 3.27. The summed E-state index contributed by atoms with van der Waals surface area (Å²) in [6.07, 6.45) is 4.34. The van der Waals surface area contributed by atoms with Crippen LogP contribution in [0.5, 0.6) is 0 Å². The predicted octanol–water partition coefficient (Wildman–Crippen LogP) is 4.09. The van der Waals surface area contributed by atoms with E-state index in [4.69, 9.17) is 0 Å². The summed E-state index contributed by atoms with van der Waals surface area (Å²) in [5.74, 6) is 0. The Balaban J connectivity index is 2.59. The van der Waals surface area contributed by atoms with E-state index in [0.29, 0.717) is 0 Å². The van der Waals surface area contributed by atoms with Crippen LogP contribution in [0, 0.1) is 0 Å². The summed E-state index contributed by atoms with van der Waals surface area (Å²) in [4.78, 5) is 0. The third-order valence-electron chi connectivity index (χ3n) is 2.45. The highest BCUT2D eigenvalue weighted by molar-refractivity contribution is 9.10. The van der Waals surface area contributed by atoms with E-state index in [9.17, 15) is 0 Å². The molecule has 0 nitrogen and oxygen atoms in total. The monoisotopic (exact) mass is 230 g/mol. The second-order valence-corrected chi connectivity index (χ2v) is 4.19. The predicted molar refractivity (Wildman–Crippen MR) is 60.6 cm³/mol. The van der Waals surface area contributed by atoms with Gasteiger partial charge in [0.15, 0.2) is 0 Å². The van der Waals surface area contributed by atoms with Gasteiger partial charge in [-0.1, -0.05) is 46.3 Å². The van der Waals surface area contributed by atoms with E-state index in [1.807, 2.05) is 0 Å². The first-order chi connectivity index (χ1) is 6.34. The molecule has 0 unspecified atom stereocenters. The molecule has 1 aliphatic rings. The molecule has 1 aliphatic carbocycles. The molecular formula is C12H7Br. The molecule has 0 aromatic heterocycles. The van der Waals surface area contributed by atoms with Gasteiger partial charge >= 0.3 is 0 Å². The smallest absolute Gasteiger partial charge is 0.0187 e. The normalized spacial score (nSPS) is 12.7. The van der Waals surface area contributed by atoms with Crippen molar-refractivity contribution in [3.8, 4) is 0 Å². The van der Waals surface area contributed by atoms with Crippen molar-refractivity contribution >= 4 is 38.9 Å². The van der Waals surface area contributed by atoms with Gasteiger partial charge in [0, 0.05) is 4.47 Å². The lowest BCUT2D eigenvalue weighted by Crippen LogP contribution is -1.78. The summed E-state index contributed by atoms with van der Waals surface area (Å²) in [5, 5.41) is 2.69. The van der Waals surface area contributed by atoms with Crippen LogP contribution in [-0.4, -0.2) is 0 Å². The van der Waals surface area contributed by atoms with Gasteiger partial charge in [-0.3, -0.25) is 0 Å². The van der Waals surface area contributed by atoms with Crippen molar-refractivity contribution in [3.63, 3.8) is 0 Å². The Hall–Kier alpha value is -1.08. The van der Waals surface area contributed by atoms with Crippen LogP contribution in [-0.2, 0) is 0 Å². The zero-order valence-corrected chi connectivity index (χ0v) is 8.51. The number of benzene rings is 2. The molecule has 0 atom stereocenters. The summed E-state index contributed by atoms with van der Waals surface area (Å²) >= 11 is 3.51. The van der Waals surface area contributed by atoms with Crippen molar-refractivity contribution in [2.75, 3.05) is 0 Å². The first-order valence-electron chi connectivity index (χ1n) is 4.25. The summed E-state index contributed by atoms with van der Waals surface area (Å²) in [7, 11) is 0. The molecule has 13 heavy (non-hydrogen) atoms. The van der Waals surface area contributed by atoms with E-state index in [1.165, 1.54) is 21.9 Å². The Morgan fingerprint density at radius 3 is 2.69 bits per heavy atom. The highest BCUT2D eigenvalue weighted by Crippen LogP contribution is 2.33. The summed E-state index contributed by atoms with van der Waals surface area (Å²) in [5.41, 5.74) is 2.65. The Morgan fingerprint density at radius 1 is 0.923 bits per heavy atom. The molecule has 3 rings (SSSR count). The van der Waals surface area contributed by atoms with Gasteiger partial charge in [0.25, 0.3) is 0 Å². The fourth-order valence-corrected chi connectivity index (χ4v) is 2.40. The van der Waals surface area contributed by atoms with Gasteiger partial charge < -0.3 is 0 Å². The molecule has 2 aromatic rings. The van der Waals surface area contributed by atoms with E-state index < -0.39 is 0 Å². The highest BCUT2D eigenvalue weighted by Gasteiger charge is 2.08. The van der Waals surface area contributed by atoms with Crippen molar-refractivity contribution in [3.05, 3.63) is 45.9 Å². The second kappa shape index (κ2) is 2.46. The van der Waals surface area contributed by atoms with Crippen LogP contribution in [0.1, 0.15) is 11.1 Å². The number of halogens is 1. The largest absolute Gasteiger partial charge is 0.0610 e. The maximum atomic E-state index is 3.51. The van der Waals surface area contributed by atoms with Crippen molar-refractivity contribution in [1.82, 2.24) is 0 Å². The zero-order valence-electron chi connectivity index (χ0n) is 6.92. The lowest BCUT2D eigenvalue weighted by molar-refractivity contribution is 1.68. The van der Waals surface area contributed by atoms with Crippen molar-refractivity contribution in [2.24, 2.45) is 0 Å². The molecule has 62 valence electrons. The van der Waals surface area contributed by atoms with E-state index >= 15 is 0 Å². The maximum Gasteiger partial charge on any atom is 0.0187 e. The first kappa shape index (κ1) is 7.34. The maximum absolute atomic E-state index is 3.51. The third kappa shape index (κ3) is 0.971. The summed E-state index contributed by atoms with van der Waals surface area (Å²) in [6, 6.07) is 10.7. The zero-order chi connectivity index (χ0) is 8.84. The van der Waals surface area contributed by atoms with Gasteiger partial charge in [-0.2, -0.15) is 0 Å². The highest BCUT2D eigenvalue weighted by atomic mass is 79.9. The van der Waals surface area contributed by atoms with Crippen LogP contribution in [0.15, 0.2) is 34.8 Å². The van der Waals surface area contributed by atoms with Crippen LogP contribution >= 0.6 is 15.9 Å². The standard InChI is InChI=1S/C12H7Br/c13-11-6-9-3-1-2-8-4-5-10(7-11)12(8)9/h1-7H. The molecule has 0 radical (unpaired) electrons. The molecule has 0 saturated carbocycles. The topological polar surface area (TPSA) is 0 Å². The third-order valence-corrected chi connectivity index (χ3v) is 2.90. The SMILES string of the molecule is Brc1cc2c3c(cccc3c1)C=C2. The van der Waals surface area contributed by atoms with Crippen LogP contribution in [0.2, 0.25) is 0 Å². The van der Waals surface area contributed by atoms with Crippen molar-refractivity contribution < 1.29 is 0 Å². The quantitative estimate of drug-likeness (QED) is 0.546. The molecule has 0 amide bonds. The van der Waals surface area contributed by atoms with Gasteiger partial charge in [-0.25, -0.2) is 0 Å². The van der Waals surface area contributed by atoms with Gasteiger partial charge in [0.2, 0.25) is 0 Å². The molecule has 0 aliphatic heterocycles.